The Hall–Kier alpha value is -0.0800. The summed E-state index contributed by atoms with van der Waals surface area (Å²) in [5, 5.41) is 18.0. The van der Waals surface area contributed by atoms with E-state index in [-0.39, 0.29) is 6.10 Å². The fraction of sp³-hybridized carbons (Fsp3) is 0.833. The van der Waals surface area contributed by atoms with Gasteiger partial charge in [0.1, 0.15) is 6.10 Å². The van der Waals surface area contributed by atoms with Gasteiger partial charge in [0.25, 0.3) is 0 Å². The molecular weight excluding hydrogens is 104 g/mol. The lowest BCUT2D eigenvalue weighted by Gasteiger charge is -2.38. The number of hydrogen-bond donors (Lipinski definition) is 2. The van der Waals surface area contributed by atoms with Gasteiger partial charge in [-0.25, -0.2) is 0 Å². The van der Waals surface area contributed by atoms with Crippen LogP contribution in [0.2, 0.25) is 0 Å². The fourth-order valence-electron chi connectivity index (χ4n) is 0.873. The van der Waals surface area contributed by atoms with Crippen LogP contribution in [0.3, 0.4) is 0 Å². The molecule has 1 aliphatic rings. The highest BCUT2D eigenvalue weighted by Crippen LogP contribution is 2.37. The highest BCUT2D eigenvalue weighted by atomic mass is 16.3. The van der Waals surface area contributed by atoms with Gasteiger partial charge in [-0.1, -0.05) is 0 Å². The van der Waals surface area contributed by atoms with Gasteiger partial charge in [0, 0.05) is 0 Å². The summed E-state index contributed by atoms with van der Waals surface area (Å²) in [6.07, 6.45) is 2.67. The summed E-state index contributed by atoms with van der Waals surface area (Å²) in [5.74, 6) is 0. The maximum absolute atomic E-state index is 9.20. The molecule has 1 saturated carbocycles. The van der Waals surface area contributed by atoms with E-state index < -0.39 is 5.60 Å². The van der Waals surface area contributed by atoms with Crippen LogP contribution in [0.4, 0.5) is 0 Å². The van der Waals surface area contributed by atoms with Crippen molar-refractivity contribution >= 4 is 0 Å². The van der Waals surface area contributed by atoms with Gasteiger partial charge in [-0.3, -0.25) is 0 Å². The average Bonchev–Trinajstić information content (AvgIpc) is 1.60. The van der Waals surface area contributed by atoms with Gasteiger partial charge in [-0.05, 0) is 26.2 Å². The first-order valence-corrected chi connectivity index (χ1v) is 2.90. The monoisotopic (exact) mass is 115 g/mol. The van der Waals surface area contributed by atoms with E-state index in [1.54, 1.807) is 6.92 Å². The van der Waals surface area contributed by atoms with E-state index in [1.165, 1.54) is 0 Å². The third-order valence-electron chi connectivity index (χ3n) is 1.85. The number of rotatable bonds is 1. The molecule has 2 heteroatoms. The van der Waals surface area contributed by atoms with Crippen LogP contribution in [0.15, 0.2) is 0 Å². The molecule has 0 aliphatic heterocycles. The van der Waals surface area contributed by atoms with Crippen LogP contribution in [-0.2, 0) is 0 Å². The Balaban J connectivity index is 2.41. The summed E-state index contributed by atoms with van der Waals surface area (Å²) in [6, 6.07) is 0. The van der Waals surface area contributed by atoms with Gasteiger partial charge in [0.2, 0.25) is 0 Å². The second-order valence-corrected chi connectivity index (χ2v) is 2.47. The van der Waals surface area contributed by atoms with Crippen LogP contribution in [-0.4, -0.2) is 15.8 Å². The molecular formula is C6H11O2. The fourth-order valence-corrected chi connectivity index (χ4v) is 0.873. The molecule has 0 aromatic heterocycles. The predicted molar refractivity (Wildman–Crippen MR) is 29.7 cm³/mol. The molecule has 0 aromatic carbocycles. The Morgan fingerprint density at radius 1 is 1.50 bits per heavy atom. The van der Waals surface area contributed by atoms with Crippen LogP contribution < -0.4 is 0 Å². The lowest BCUT2D eigenvalue weighted by atomic mass is 9.77. The highest BCUT2D eigenvalue weighted by Gasteiger charge is 2.39. The smallest absolute Gasteiger partial charge is 0.122 e. The molecule has 0 unspecified atom stereocenters. The second-order valence-electron chi connectivity index (χ2n) is 2.47. The first kappa shape index (κ1) is 6.05. The molecule has 0 atom stereocenters. The van der Waals surface area contributed by atoms with Crippen molar-refractivity contribution < 1.29 is 10.2 Å². The summed E-state index contributed by atoms with van der Waals surface area (Å²) in [7, 11) is 0. The van der Waals surface area contributed by atoms with Gasteiger partial charge in [0.15, 0.2) is 0 Å². The van der Waals surface area contributed by atoms with Gasteiger partial charge in [-0.15, -0.1) is 0 Å². The standard InChI is InChI=1S/C6H11O2/c1-5(7)6(8)3-2-4-6/h7-8H,2-4H2,1H3. The molecule has 0 bridgehead atoms. The van der Waals surface area contributed by atoms with Crippen molar-refractivity contribution in [2.45, 2.75) is 31.8 Å². The van der Waals surface area contributed by atoms with E-state index in [1.807, 2.05) is 0 Å². The third-order valence-corrected chi connectivity index (χ3v) is 1.85. The molecule has 0 amide bonds. The van der Waals surface area contributed by atoms with E-state index in [0.29, 0.717) is 0 Å². The third kappa shape index (κ3) is 0.740. The van der Waals surface area contributed by atoms with E-state index in [0.717, 1.165) is 19.3 Å². The van der Waals surface area contributed by atoms with Crippen LogP contribution in [0.5, 0.6) is 0 Å². The molecule has 1 rings (SSSR count). The van der Waals surface area contributed by atoms with Crippen molar-refractivity contribution in [3.8, 4) is 0 Å². The van der Waals surface area contributed by atoms with Crippen molar-refractivity contribution in [1.29, 1.82) is 0 Å². The number of aliphatic hydroxyl groups excluding tert-OH is 1. The lowest BCUT2D eigenvalue weighted by Crippen LogP contribution is -2.41. The molecule has 1 aliphatic carbocycles. The zero-order chi connectivity index (χ0) is 6.20. The summed E-state index contributed by atoms with van der Waals surface area (Å²) >= 11 is 0. The van der Waals surface area contributed by atoms with Crippen molar-refractivity contribution in [1.82, 2.24) is 0 Å². The maximum Gasteiger partial charge on any atom is 0.122 e. The molecule has 1 fully saturated rings. The summed E-state index contributed by atoms with van der Waals surface area (Å²) in [4.78, 5) is 0. The molecule has 47 valence electrons. The minimum atomic E-state index is -0.806. The Morgan fingerprint density at radius 3 is 2.00 bits per heavy atom. The maximum atomic E-state index is 9.20. The molecule has 8 heavy (non-hydrogen) atoms. The normalized spacial score (nSPS) is 25.5. The minimum absolute atomic E-state index is 0.170. The molecule has 0 aromatic rings. The molecule has 2 nitrogen and oxygen atoms in total. The van der Waals surface area contributed by atoms with Crippen LogP contribution in [0.1, 0.15) is 26.2 Å². The molecule has 1 radical (unpaired) electrons. The van der Waals surface area contributed by atoms with E-state index in [4.69, 9.17) is 5.11 Å². The molecule has 0 spiro atoms. The Labute approximate surface area is 49.1 Å². The van der Waals surface area contributed by atoms with Gasteiger partial charge in [-0.2, -0.15) is 0 Å². The Morgan fingerprint density at radius 2 is 2.00 bits per heavy atom. The average molecular weight is 115 g/mol. The molecule has 2 N–H and O–H groups in total. The highest BCUT2D eigenvalue weighted by molar-refractivity contribution is 5.02. The van der Waals surface area contributed by atoms with E-state index in [9.17, 15) is 5.11 Å². The van der Waals surface area contributed by atoms with Crippen molar-refractivity contribution in [3.63, 3.8) is 0 Å². The quantitative estimate of drug-likeness (QED) is 0.531. The zero-order valence-corrected chi connectivity index (χ0v) is 5.02. The van der Waals surface area contributed by atoms with Crippen molar-refractivity contribution in [3.05, 3.63) is 6.10 Å². The van der Waals surface area contributed by atoms with Crippen LogP contribution in [0, 0.1) is 6.10 Å². The summed E-state index contributed by atoms with van der Waals surface area (Å²) < 4.78 is 0. The topological polar surface area (TPSA) is 40.5 Å². The minimum Gasteiger partial charge on any atom is -0.387 e. The van der Waals surface area contributed by atoms with Crippen molar-refractivity contribution in [2.75, 3.05) is 0 Å². The Bertz CT molecular complexity index is 84.5. The van der Waals surface area contributed by atoms with Crippen molar-refractivity contribution in [2.24, 2.45) is 0 Å². The first-order chi connectivity index (χ1) is 3.65. The molecule has 0 saturated heterocycles. The van der Waals surface area contributed by atoms with Crippen LogP contribution in [0.25, 0.3) is 0 Å². The SMILES string of the molecule is C[C](O)C1(O)CCC1. The number of hydrogen-bond acceptors (Lipinski definition) is 2. The predicted octanol–water partition coefficient (Wildman–Crippen LogP) is 0.826. The van der Waals surface area contributed by atoms with E-state index >= 15 is 0 Å². The molecule has 0 heterocycles. The largest absolute Gasteiger partial charge is 0.387 e. The summed E-state index contributed by atoms with van der Waals surface area (Å²) in [5.41, 5.74) is -0.806. The van der Waals surface area contributed by atoms with Gasteiger partial charge in [0.05, 0.1) is 5.60 Å². The number of aliphatic hydroxyl groups is 2. The Kier molecular flexibility index (Phi) is 1.29. The first-order valence-electron chi connectivity index (χ1n) is 2.90. The zero-order valence-electron chi connectivity index (χ0n) is 5.02. The van der Waals surface area contributed by atoms with Gasteiger partial charge >= 0.3 is 0 Å². The second kappa shape index (κ2) is 1.71. The van der Waals surface area contributed by atoms with Crippen LogP contribution >= 0.6 is 0 Å². The lowest BCUT2D eigenvalue weighted by molar-refractivity contribution is -0.0651. The van der Waals surface area contributed by atoms with E-state index in [2.05, 4.69) is 0 Å². The van der Waals surface area contributed by atoms with Gasteiger partial charge < -0.3 is 10.2 Å². The summed E-state index contributed by atoms with van der Waals surface area (Å²) in [6.45, 7) is 1.55.